The molecule has 1 aromatic rings. The Labute approximate surface area is 139 Å². The number of likely N-dealkylation sites (N-methyl/N-ethyl adjacent to an activating group) is 1. The smallest absolute Gasteiger partial charge is 0.114 e. The molecule has 0 unspecified atom stereocenters. The third-order valence-corrected chi connectivity index (χ3v) is 3.96. The molecule has 0 aromatic carbocycles. The molecule has 2 rings (SSSR count). The van der Waals surface area contributed by atoms with Crippen LogP contribution in [0.3, 0.4) is 0 Å². The van der Waals surface area contributed by atoms with E-state index in [1.807, 2.05) is 31.6 Å². The van der Waals surface area contributed by atoms with E-state index >= 15 is 0 Å². The van der Waals surface area contributed by atoms with Gasteiger partial charge in [-0.05, 0) is 33.4 Å². The summed E-state index contributed by atoms with van der Waals surface area (Å²) in [5, 5.41) is 4.18. The average molecular weight is 334 g/mol. The number of nitrogens with two attached hydrogens (primary N) is 1. The number of aryl methyl sites for hydroxylation is 1. The van der Waals surface area contributed by atoms with E-state index in [4.69, 9.17) is 5.73 Å². The van der Waals surface area contributed by atoms with Crippen molar-refractivity contribution in [1.82, 2.24) is 19.6 Å². The van der Waals surface area contributed by atoms with Crippen LogP contribution in [-0.2, 0) is 13.6 Å². The molecule has 1 aliphatic rings. The van der Waals surface area contributed by atoms with E-state index < -0.39 is 6.17 Å². The summed E-state index contributed by atoms with van der Waals surface area (Å²) in [5.74, 6) is 0. The van der Waals surface area contributed by atoms with Crippen LogP contribution in [0, 0.1) is 0 Å². The number of halogens is 2. The Bertz CT molecular complexity index is 459. The topological polar surface area (TPSA) is 50.3 Å². The van der Waals surface area contributed by atoms with Crippen LogP contribution in [0.5, 0.6) is 0 Å². The van der Waals surface area contributed by atoms with Gasteiger partial charge in [0.2, 0.25) is 0 Å². The predicted molar refractivity (Wildman–Crippen MR) is 89.9 cm³/mol. The Hall–Kier alpha value is -0.690. The molecule has 1 aliphatic heterocycles. The lowest BCUT2D eigenvalue weighted by Gasteiger charge is -2.31. The van der Waals surface area contributed by atoms with Crippen molar-refractivity contribution in [3.05, 3.63) is 18.0 Å². The van der Waals surface area contributed by atoms with Crippen molar-refractivity contribution in [3.63, 3.8) is 0 Å². The third-order valence-electron chi connectivity index (χ3n) is 3.96. The van der Waals surface area contributed by atoms with E-state index in [0.29, 0.717) is 13.0 Å². The van der Waals surface area contributed by atoms with Crippen LogP contribution in [0.15, 0.2) is 12.3 Å². The minimum Gasteiger partial charge on any atom is -0.324 e. The largest absolute Gasteiger partial charge is 0.324 e. The number of likely N-dealkylation sites (tertiary alicyclic amines) is 1. The number of nitrogens with zero attached hydrogens (tertiary/aromatic N) is 4. The molecule has 2 atom stereocenters. The maximum Gasteiger partial charge on any atom is 0.114 e. The predicted octanol–water partition coefficient (Wildman–Crippen LogP) is 1.42. The van der Waals surface area contributed by atoms with Gasteiger partial charge in [-0.1, -0.05) is 0 Å². The minimum absolute atomic E-state index is 0. The van der Waals surface area contributed by atoms with Gasteiger partial charge in [0.25, 0.3) is 0 Å². The van der Waals surface area contributed by atoms with Crippen LogP contribution in [0.25, 0.3) is 0 Å². The first-order chi connectivity index (χ1) is 9.74. The first-order valence-corrected chi connectivity index (χ1v) is 7.57. The van der Waals surface area contributed by atoms with Gasteiger partial charge in [-0.15, -0.1) is 12.4 Å². The number of aromatic nitrogens is 2. The fourth-order valence-corrected chi connectivity index (χ4v) is 3.19. The van der Waals surface area contributed by atoms with E-state index in [-0.39, 0.29) is 24.0 Å². The molecule has 0 bridgehead atoms. The molecule has 128 valence electrons. The van der Waals surface area contributed by atoms with Gasteiger partial charge in [0, 0.05) is 51.0 Å². The van der Waals surface area contributed by atoms with E-state index in [9.17, 15) is 4.39 Å². The van der Waals surface area contributed by atoms with Gasteiger partial charge in [0.05, 0.1) is 5.69 Å². The summed E-state index contributed by atoms with van der Waals surface area (Å²) < 4.78 is 15.7. The number of hydrogen-bond donors (Lipinski definition) is 1. The van der Waals surface area contributed by atoms with Crippen LogP contribution >= 0.6 is 12.4 Å². The van der Waals surface area contributed by atoms with E-state index in [2.05, 4.69) is 21.9 Å². The second kappa shape index (κ2) is 7.73. The summed E-state index contributed by atoms with van der Waals surface area (Å²) in [6, 6.07) is 2.23. The highest BCUT2D eigenvalue weighted by Crippen LogP contribution is 2.23. The van der Waals surface area contributed by atoms with Crippen molar-refractivity contribution in [2.45, 2.75) is 44.6 Å². The zero-order chi connectivity index (χ0) is 15.6. The Morgan fingerprint density at radius 2 is 2.18 bits per heavy atom. The minimum atomic E-state index is -0.734. The van der Waals surface area contributed by atoms with Gasteiger partial charge in [-0.25, -0.2) is 4.39 Å². The van der Waals surface area contributed by atoms with Crippen molar-refractivity contribution in [1.29, 1.82) is 0 Å². The molecule has 0 amide bonds. The van der Waals surface area contributed by atoms with Gasteiger partial charge in [-0.3, -0.25) is 9.58 Å². The molecule has 7 heteroatoms. The van der Waals surface area contributed by atoms with Gasteiger partial charge < -0.3 is 10.6 Å². The van der Waals surface area contributed by atoms with Crippen LogP contribution in [0.2, 0.25) is 0 Å². The first kappa shape index (κ1) is 19.4. The van der Waals surface area contributed by atoms with Gasteiger partial charge in [0.1, 0.15) is 6.17 Å². The Kier molecular flexibility index (Phi) is 6.80. The summed E-state index contributed by atoms with van der Waals surface area (Å²) in [6.45, 7) is 6.95. The summed E-state index contributed by atoms with van der Waals surface area (Å²) in [4.78, 5) is 4.43. The van der Waals surface area contributed by atoms with E-state index in [0.717, 1.165) is 25.3 Å². The lowest BCUT2D eigenvalue weighted by atomic mass is 10.1. The Morgan fingerprint density at radius 1 is 1.50 bits per heavy atom. The first-order valence-electron chi connectivity index (χ1n) is 7.57. The highest BCUT2D eigenvalue weighted by molar-refractivity contribution is 5.85. The normalized spacial score (nSPS) is 23.0. The average Bonchev–Trinajstić information content (AvgIpc) is 2.84. The summed E-state index contributed by atoms with van der Waals surface area (Å²) >= 11 is 0. The zero-order valence-electron chi connectivity index (χ0n) is 14.0. The van der Waals surface area contributed by atoms with Gasteiger partial charge in [0.15, 0.2) is 0 Å². The van der Waals surface area contributed by atoms with Crippen LogP contribution in [0.1, 0.15) is 26.0 Å². The summed E-state index contributed by atoms with van der Waals surface area (Å²) in [7, 11) is 3.98. The van der Waals surface area contributed by atoms with E-state index in [1.54, 1.807) is 6.20 Å². The monoisotopic (exact) mass is 333 g/mol. The van der Waals surface area contributed by atoms with Crippen molar-refractivity contribution < 1.29 is 4.39 Å². The molecular weight excluding hydrogens is 305 g/mol. The summed E-state index contributed by atoms with van der Waals surface area (Å²) in [6.07, 6.45) is 1.66. The van der Waals surface area contributed by atoms with Crippen molar-refractivity contribution in [2.75, 3.05) is 26.7 Å². The fraction of sp³-hybridized carbons (Fsp3) is 0.800. The second-order valence-corrected chi connectivity index (χ2v) is 7.05. The second-order valence-electron chi connectivity index (χ2n) is 7.05. The molecule has 2 N–H and O–H groups in total. The van der Waals surface area contributed by atoms with Gasteiger partial charge in [-0.2, -0.15) is 5.10 Å². The molecular formula is C15H29ClFN5. The molecule has 2 heterocycles. The fourth-order valence-electron chi connectivity index (χ4n) is 3.19. The van der Waals surface area contributed by atoms with Crippen LogP contribution in [0.4, 0.5) is 4.39 Å². The highest BCUT2D eigenvalue weighted by atomic mass is 35.5. The lowest BCUT2D eigenvalue weighted by Crippen LogP contribution is -2.47. The third kappa shape index (κ3) is 5.50. The Morgan fingerprint density at radius 3 is 2.73 bits per heavy atom. The molecule has 22 heavy (non-hydrogen) atoms. The molecule has 0 spiro atoms. The SMILES string of the molecule is CN(C[C@@H]1C[C@H](F)CN1Cc1ccnn1C)CC(C)(C)N.Cl. The maximum atomic E-state index is 13.8. The van der Waals surface area contributed by atoms with Crippen molar-refractivity contribution >= 4 is 12.4 Å². The molecule has 0 aliphatic carbocycles. The van der Waals surface area contributed by atoms with Crippen LogP contribution in [-0.4, -0.2) is 64.0 Å². The molecule has 5 nitrogen and oxygen atoms in total. The highest BCUT2D eigenvalue weighted by Gasteiger charge is 2.33. The molecule has 1 saturated heterocycles. The molecule has 1 fully saturated rings. The Balaban J connectivity index is 0.00000242. The molecule has 1 aromatic heterocycles. The van der Waals surface area contributed by atoms with Gasteiger partial charge >= 0.3 is 0 Å². The standard InChI is InChI=1S/C15H28FN5.ClH/c1-15(2,17)11-19(3)9-14-7-12(16)8-21(14)10-13-5-6-18-20(13)4;/h5-6,12,14H,7-11,17H2,1-4H3;1H/t12-,14-;/m0./s1. The molecule has 0 saturated carbocycles. The maximum absolute atomic E-state index is 13.8. The molecule has 0 radical (unpaired) electrons. The summed E-state index contributed by atoms with van der Waals surface area (Å²) in [5.41, 5.74) is 6.96. The van der Waals surface area contributed by atoms with Crippen molar-refractivity contribution in [3.8, 4) is 0 Å². The zero-order valence-corrected chi connectivity index (χ0v) is 14.8. The number of alkyl halides is 1. The van der Waals surface area contributed by atoms with E-state index in [1.165, 1.54) is 0 Å². The quantitative estimate of drug-likeness (QED) is 0.855. The lowest BCUT2D eigenvalue weighted by molar-refractivity contribution is 0.167. The van der Waals surface area contributed by atoms with Crippen LogP contribution < -0.4 is 5.73 Å². The number of rotatable bonds is 6. The number of hydrogen-bond acceptors (Lipinski definition) is 4. The van der Waals surface area contributed by atoms with Crippen molar-refractivity contribution in [2.24, 2.45) is 12.8 Å².